The maximum atomic E-state index is 12.1. The number of ether oxygens (including phenoxy) is 6. The monoisotopic (exact) mass is 617 g/mol. The van der Waals surface area contributed by atoms with Gasteiger partial charge in [-0.1, -0.05) is 37.3 Å². The highest BCUT2D eigenvalue weighted by Crippen LogP contribution is 2.40. The van der Waals surface area contributed by atoms with E-state index in [0.29, 0.717) is 18.0 Å². The molecule has 9 heteroatoms. The molecule has 0 spiro atoms. The third-order valence-corrected chi connectivity index (χ3v) is 7.03. The summed E-state index contributed by atoms with van der Waals surface area (Å²) in [5.41, 5.74) is 4.57. The van der Waals surface area contributed by atoms with Crippen LogP contribution in [0.15, 0.2) is 66.7 Å². The molecule has 1 heterocycles. The second kappa shape index (κ2) is 15.0. The first-order valence-electron chi connectivity index (χ1n) is 15.0. The number of likely N-dealkylation sites (N-methyl/N-ethyl adjacent to an activating group) is 1. The molecule has 0 aromatic heterocycles. The lowest BCUT2D eigenvalue weighted by Gasteiger charge is -2.21. The topological polar surface area (TPSA) is 92.8 Å². The van der Waals surface area contributed by atoms with E-state index in [9.17, 15) is 9.59 Å². The zero-order valence-corrected chi connectivity index (χ0v) is 27.2. The second-order valence-corrected chi connectivity index (χ2v) is 12.1. The summed E-state index contributed by atoms with van der Waals surface area (Å²) in [6, 6.07) is 21.6. The van der Waals surface area contributed by atoms with Crippen LogP contribution in [0.3, 0.4) is 0 Å². The first-order chi connectivity index (χ1) is 21.4. The number of hydrogen-bond donors (Lipinski definition) is 0. The minimum absolute atomic E-state index is 0.163. The molecule has 1 aliphatic rings. The molecule has 240 valence electrons. The van der Waals surface area contributed by atoms with E-state index in [2.05, 4.69) is 6.92 Å². The molecule has 0 amide bonds. The maximum Gasteiger partial charge on any atom is 0.314 e. The van der Waals surface area contributed by atoms with E-state index in [4.69, 9.17) is 28.4 Å². The smallest absolute Gasteiger partial charge is 0.314 e. The molecule has 0 aliphatic carbocycles. The van der Waals surface area contributed by atoms with Crippen LogP contribution in [-0.2, 0) is 19.1 Å². The van der Waals surface area contributed by atoms with Gasteiger partial charge in [0.1, 0.15) is 24.2 Å². The molecule has 0 saturated heterocycles. The van der Waals surface area contributed by atoms with Crippen molar-refractivity contribution in [3.8, 4) is 23.0 Å². The lowest BCUT2D eigenvalue weighted by molar-refractivity contribution is -0.159. The predicted octanol–water partition coefficient (Wildman–Crippen LogP) is 6.58. The van der Waals surface area contributed by atoms with Gasteiger partial charge < -0.3 is 33.3 Å². The number of fused-ring (bicyclic) bond motifs is 1. The number of carbonyl (C=O) groups excluding carboxylic acids is 2. The first kappa shape index (κ1) is 33.4. The Labute approximate surface area is 265 Å². The van der Waals surface area contributed by atoms with Gasteiger partial charge in [0.2, 0.25) is 13.6 Å². The molecular formula is C36H43NO8. The lowest BCUT2D eigenvalue weighted by Crippen LogP contribution is -2.34. The Bertz CT molecular complexity index is 1490. The number of carbonyl (C=O) groups is 2. The van der Waals surface area contributed by atoms with Crippen molar-refractivity contribution in [1.82, 2.24) is 4.90 Å². The number of nitrogens with zero attached hydrogens (tertiary/aromatic N) is 1. The van der Waals surface area contributed by atoms with Gasteiger partial charge in [0.05, 0.1) is 5.41 Å². The molecule has 0 saturated carbocycles. The molecule has 1 aliphatic heterocycles. The average molecular weight is 618 g/mol. The van der Waals surface area contributed by atoms with Gasteiger partial charge in [-0.05, 0) is 106 Å². The molecule has 0 fully saturated rings. The summed E-state index contributed by atoms with van der Waals surface area (Å²) < 4.78 is 33.6. The highest BCUT2D eigenvalue weighted by Gasteiger charge is 2.23. The highest BCUT2D eigenvalue weighted by molar-refractivity contribution is 5.99. The van der Waals surface area contributed by atoms with Crippen LogP contribution < -0.4 is 18.9 Å². The van der Waals surface area contributed by atoms with Crippen molar-refractivity contribution in [1.29, 1.82) is 0 Å². The van der Waals surface area contributed by atoms with E-state index < -0.39 is 5.41 Å². The number of benzene rings is 3. The van der Waals surface area contributed by atoms with Gasteiger partial charge in [-0.25, -0.2) is 0 Å². The van der Waals surface area contributed by atoms with Crippen molar-refractivity contribution < 1.29 is 38.0 Å². The largest absolute Gasteiger partial charge is 0.490 e. The molecule has 45 heavy (non-hydrogen) atoms. The third-order valence-electron chi connectivity index (χ3n) is 7.03. The molecule has 4 rings (SSSR count). The lowest BCUT2D eigenvalue weighted by atomic mass is 9.88. The Hall–Kier alpha value is -4.50. The van der Waals surface area contributed by atoms with E-state index in [0.717, 1.165) is 45.8 Å². The Morgan fingerprint density at radius 2 is 1.42 bits per heavy atom. The van der Waals surface area contributed by atoms with Crippen LogP contribution in [0.1, 0.15) is 57.7 Å². The van der Waals surface area contributed by atoms with Gasteiger partial charge in [-0.2, -0.15) is 0 Å². The molecule has 9 nitrogen and oxygen atoms in total. The SMILES string of the molecule is CC/C(=C(\c1ccc(OCOC(=O)C(C)(C)C)cc1)c1ccc(OCC(CN(C)C)OC(C)=O)cc1)c1ccc2c(c1)OCO2. The summed E-state index contributed by atoms with van der Waals surface area (Å²) in [6.07, 6.45) is 0.367. The molecule has 0 N–H and O–H groups in total. The summed E-state index contributed by atoms with van der Waals surface area (Å²) in [4.78, 5) is 25.6. The van der Waals surface area contributed by atoms with Crippen molar-refractivity contribution in [3.63, 3.8) is 0 Å². The average Bonchev–Trinajstić information content (AvgIpc) is 3.46. The van der Waals surface area contributed by atoms with Crippen LogP contribution in [0.2, 0.25) is 0 Å². The first-order valence-corrected chi connectivity index (χ1v) is 15.0. The number of allylic oxidation sites excluding steroid dienone is 1. The van der Waals surface area contributed by atoms with Crippen LogP contribution in [0.25, 0.3) is 11.1 Å². The van der Waals surface area contributed by atoms with Crippen LogP contribution in [0.4, 0.5) is 0 Å². The van der Waals surface area contributed by atoms with Crippen LogP contribution in [0.5, 0.6) is 23.0 Å². The van der Waals surface area contributed by atoms with Crippen molar-refractivity contribution in [2.24, 2.45) is 5.41 Å². The number of hydrogen-bond acceptors (Lipinski definition) is 9. The van der Waals surface area contributed by atoms with E-state index in [-0.39, 0.29) is 38.2 Å². The standard InChI is InChI=1S/C36H43NO8/c1-8-31(27-13-18-32-33(19-27)43-23-42-32)34(26-11-16-29(17-12-26)41-22-44-35(39)36(3,4)5)25-9-14-28(15-10-25)40-21-30(20-37(6)7)45-24(2)38/h9-19,30H,8,20-23H2,1-7H3/b34-31+. The number of esters is 2. The minimum Gasteiger partial charge on any atom is -0.490 e. The van der Waals surface area contributed by atoms with Crippen molar-refractivity contribution in [2.75, 3.05) is 40.8 Å². The Kier molecular flexibility index (Phi) is 11.1. The molecular weight excluding hydrogens is 574 g/mol. The molecule has 0 radical (unpaired) electrons. The van der Waals surface area contributed by atoms with Crippen molar-refractivity contribution >= 4 is 23.1 Å². The molecule has 1 unspecified atom stereocenters. The highest BCUT2D eigenvalue weighted by atomic mass is 16.7. The van der Waals surface area contributed by atoms with E-state index in [1.807, 2.05) is 85.7 Å². The van der Waals surface area contributed by atoms with Crippen LogP contribution in [-0.4, -0.2) is 63.8 Å². The van der Waals surface area contributed by atoms with Gasteiger partial charge in [-0.15, -0.1) is 0 Å². The predicted molar refractivity (Wildman–Crippen MR) is 172 cm³/mol. The summed E-state index contributed by atoms with van der Waals surface area (Å²) in [5.74, 6) is 2.04. The Morgan fingerprint density at radius 1 is 0.844 bits per heavy atom. The fourth-order valence-corrected chi connectivity index (χ4v) is 4.88. The molecule has 0 bridgehead atoms. The van der Waals surface area contributed by atoms with E-state index in [1.54, 1.807) is 20.8 Å². The van der Waals surface area contributed by atoms with Gasteiger partial charge >= 0.3 is 11.9 Å². The van der Waals surface area contributed by atoms with Gasteiger partial charge in [-0.3, -0.25) is 9.59 Å². The van der Waals surface area contributed by atoms with E-state index in [1.165, 1.54) is 6.92 Å². The van der Waals surface area contributed by atoms with Crippen LogP contribution in [0, 0.1) is 5.41 Å². The van der Waals surface area contributed by atoms with Crippen molar-refractivity contribution in [3.05, 3.63) is 83.4 Å². The summed E-state index contributed by atoms with van der Waals surface area (Å²) in [5, 5.41) is 0. The summed E-state index contributed by atoms with van der Waals surface area (Å²) in [7, 11) is 3.84. The van der Waals surface area contributed by atoms with Gasteiger partial charge in [0.15, 0.2) is 11.5 Å². The Balaban J connectivity index is 1.62. The summed E-state index contributed by atoms with van der Waals surface area (Å²) in [6.45, 7) is 9.76. The van der Waals surface area contributed by atoms with Gasteiger partial charge in [0.25, 0.3) is 0 Å². The summed E-state index contributed by atoms with van der Waals surface area (Å²) >= 11 is 0. The zero-order valence-electron chi connectivity index (χ0n) is 27.2. The minimum atomic E-state index is -0.602. The maximum absolute atomic E-state index is 12.1. The number of rotatable bonds is 13. The quantitative estimate of drug-likeness (QED) is 0.120. The Morgan fingerprint density at radius 3 is 1.98 bits per heavy atom. The normalized spacial score (nSPS) is 13.6. The van der Waals surface area contributed by atoms with Gasteiger partial charge in [0, 0.05) is 13.5 Å². The third kappa shape index (κ3) is 9.25. The fourth-order valence-electron chi connectivity index (χ4n) is 4.88. The second-order valence-electron chi connectivity index (χ2n) is 12.1. The van der Waals surface area contributed by atoms with Crippen LogP contribution >= 0.6 is 0 Å². The zero-order chi connectivity index (χ0) is 32.6. The fraction of sp³-hybridized carbons (Fsp3) is 0.389. The van der Waals surface area contributed by atoms with E-state index >= 15 is 0 Å². The molecule has 3 aromatic carbocycles. The molecule has 1 atom stereocenters. The van der Waals surface area contributed by atoms with Crippen molar-refractivity contribution in [2.45, 2.75) is 47.1 Å². The molecule has 3 aromatic rings.